The maximum atomic E-state index is 12.9. The average Bonchev–Trinajstić information content (AvgIpc) is 3.04. The lowest BCUT2D eigenvalue weighted by atomic mass is 10.1. The van der Waals surface area contributed by atoms with Crippen LogP contribution in [-0.4, -0.2) is 31.0 Å². The molecule has 0 saturated carbocycles. The highest BCUT2D eigenvalue weighted by atomic mass is 32.2. The van der Waals surface area contributed by atoms with Gasteiger partial charge in [0.05, 0.1) is 11.5 Å². The Labute approximate surface area is 193 Å². The SMILES string of the molecule is CCCCC1S/C(=N\N=Cc2cccc(OS(=O)(=O)c3c(C)cc(C)cc3C)c2)NC1=O. The van der Waals surface area contributed by atoms with Crippen molar-refractivity contribution in [3.63, 3.8) is 0 Å². The van der Waals surface area contributed by atoms with E-state index >= 15 is 0 Å². The van der Waals surface area contributed by atoms with Gasteiger partial charge < -0.3 is 9.50 Å². The van der Waals surface area contributed by atoms with Crippen LogP contribution in [0, 0.1) is 20.8 Å². The van der Waals surface area contributed by atoms with Crippen molar-refractivity contribution < 1.29 is 17.4 Å². The standard InChI is InChI=1S/C23H27N3O4S2/c1-5-6-10-20-22(27)25-23(31-20)26-24-14-18-8-7-9-19(13-18)30-32(28,29)21-16(3)11-15(2)12-17(21)4/h7-9,11-14,20H,5-6,10H2,1-4H3,(H,25,26,27). The van der Waals surface area contributed by atoms with Gasteiger partial charge >= 0.3 is 10.1 Å². The minimum absolute atomic E-state index is 0.0419. The molecule has 0 spiro atoms. The first-order valence-electron chi connectivity index (χ1n) is 10.4. The number of hydrogen-bond acceptors (Lipinski definition) is 7. The van der Waals surface area contributed by atoms with E-state index in [1.165, 1.54) is 18.0 Å². The van der Waals surface area contributed by atoms with Crippen LogP contribution in [0.5, 0.6) is 5.75 Å². The number of amidine groups is 1. The van der Waals surface area contributed by atoms with Gasteiger partial charge in [0.1, 0.15) is 10.6 Å². The van der Waals surface area contributed by atoms with Crippen molar-refractivity contribution >= 4 is 39.2 Å². The van der Waals surface area contributed by atoms with Gasteiger partial charge in [0.15, 0.2) is 5.17 Å². The summed E-state index contributed by atoms with van der Waals surface area (Å²) in [6.07, 6.45) is 4.32. The molecule has 170 valence electrons. The number of benzene rings is 2. The summed E-state index contributed by atoms with van der Waals surface area (Å²) in [4.78, 5) is 12.1. The first-order valence-corrected chi connectivity index (χ1v) is 12.7. The molecule has 1 saturated heterocycles. The van der Waals surface area contributed by atoms with E-state index in [2.05, 4.69) is 22.4 Å². The van der Waals surface area contributed by atoms with Crippen LogP contribution in [0.25, 0.3) is 0 Å². The summed E-state index contributed by atoms with van der Waals surface area (Å²) >= 11 is 1.38. The minimum Gasteiger partial charge on any atom is -0.379 e. The van der Waals surface area contributed by atoms with Crippen molar-refractivity contribution in [1.29, 1.82) is 0 Å². The lowest BCUT2D eigenvalue weighted by molar-refractivity contribution is -0.118. The second-order valence-electron chi connectivity index (χ2n) is 7.73. The van der Waals surface area contributed by atoms with E-state index in [-0.39, 0.29) is 21.8 Å². The van der Waals surface area contributed by atoms with E-state index in [1.807, 2.05) is 19.1 Å². The zero-order chi connectivity index (χ0) is 23.3. The molecule has 0 bridgehead atoms. The molecule has 32 heavy (non-hydrogen) atoms. The van der Waals surface area contributed by atoms with Crippen molar-refractivity contribution in [2.24, 2.45) is 10.2 Å². The number of hydrogen-bond donors (Lipinski definition) is 1. The summed E-state index contributed by atoms with van der Waals surface area (Å²) in [5.74, 6) is 0.142. The number of unbranched alkanes of at least 4 members (excludes halogenated alkanes) is 1. The van der Waals surface area contributed by atoms with E-state index in [0.29, 0.717) is 21.9 Å². The van der Waals surface area contributed by atoms with Crippen molar-refractivity contribution in [2.75, 3.05) is 0 Å². The highest BCUT2D eigenvalue weighted by molar-refractivity contribution is 8.15. The number of carbonyl (C=O) groups excluding carboxylic acids is 1. The minimum atomic E-state index is -3.98. The second kappa shape index (κ2) is 10.3. The molecule has 0 aromatic heterocycles. The lowest BCUT2D eigenvalue weighted by Gasteiger charge is -2.13. The van der Waals surface area contributed by atoms with Crippen LogP contribution in [0.4, 0.5) is 0 Å². The highest BCUT2D eigenvalue weighted by Crippen LogP contribution is 2.26. The van der Waals surface area contributed by atoms with Crippen LogP contribution >= 0.6 is 11.8 Å². The Hall–Kier alpha value is -2.65. The van der Waals surface area contributed by atoms with Crippen molar-refractivity contribution in [3.05, 3.63) is 58.7 Å². The Bertz CT molecular complexity index is 1150. The molecule has 7 nitrogen and oxygen atoms in total. The van der Waals surface area contributed by atoms with Gasteiger partial charge in [-0.2, -0.15) is 13.5 Å². The quantitative estimate of drug-likeness (QED) is 0.346. The van der Waals surface area contributed by atoms with E-state index in [0.717, 1.165) is 24.8 Å². The van der Waals surface area contributed by atoms with Crippen molar-refractivity contribution in [3.8, 4) is 5.75 Å². The third kappa shape index (κ3) is 5.98. The summed E-state index contributed by atoms with van der Waals surface area (Å²) in [6.45, 7) is 7.52. The maximum Gasteiger partial charge on any atom is 0.339 e. The highest BCUT2D eigenvalue weighted by Gasteiger charge is 2.29. The Morgan fingerprint density at radius 2 is 1.88 bits per heavy atom. The summed E-state index contributed by atoms with van der Waals surface area (Å²) < 4.78 is 31.1. The van der Waals surface area contributed by atoms with Crippen LogP contribution < -0.4 is 9.50 Å². The van der Waals surface area contributed by atoms with Crippen LogP contribution in [0.2, 0.25) is 0 Å². The molecule has 1 atom stereocenters. The van der Waals surface area contributed by atoms with Gasteiger partial charge in [-0.1, -0.05) is 61.4 Å². The Balaban J connectivity index is 1.72. The molecule has 1 N–H and O–H groups in total. The number of nitrogens with zero attached hydrogens (tertiary/aromatic N) is 2. The summed E-state index contributed by atoms with van der Waals surface area (Å²) in [5, 5.41) is 11.2. The molecular formula is C23H27N3O4S2. The van der Waals surface area contributed by atoms with Gasteiger partial charge in [-0.15, -0.1) is 5.10 Å². The number of amides is 1. The molecule has 9 heteroatoms. The number of carbonyl (C=O) groups is 1. The molecule has 1 fully saturated rings. The number of aryl methyl sites for hydroxylation is 3. The summed E-state index contributed by atoms with van der Waals surface area (Å²) in [6, 6.07) is 10.2. The fourth-order valence-corrected chi connectivity index (χ4v) is 5.88. The average molecular weight is 474 g/mol. The monoisotopic (exact) mass is 473 g/mol. The van der Waals surface area contributed by atoms with Gasteiger partial charge in [-0.3, -0.25) is 4.79 Å². The fourth-order valence-electron chi connectivity index (χ4n) is 3.56. The number of rotatable bonds is 8. The predicted molar refractivity (Wildman–Crippen MR) is 129 cm³/mol. The normalized spacial score (nSPS) is 17.8. The molecule has 2 aromatic rings. The summed E-state index contributed by atoms with van der Waals surface area (Å²) in [5.41, 5.74) is 2.90. The van der Waals surface area contributed by atoms with Crippen LogP contribution in [0.15, 0.2) is 51.5 Å². The van der Waals surface area contributed by atoms with E-state index < -0.39 is 10.1 Å². The fraction of sp³-hybridized carbons (Fsp3) is 0.348. The summed E-state index contributed by atoms with van der Waals surface area (Å²) in [7, 11) is -3.98. The van der Waals surface area contributed by atoms with Crippen molar-refractivity contribution in [2.45, 2.75) is 57.1 Å². The molecule has 1 aliphatic rings. The third-order valence-electron chi connectivity index (χ3n) is 4.87. The van der Waals surface area contributed by atoms with E-state index in [4.69, 9.17) is 4.18 Å². The van der Waals surface area contributed by atoms with Crippen molar-refractivity contribution in [1.82, 2.24) is 5.32 Å². The van der Waals surface area contributed by atoms with Crippen LogP contribution in [0.1, 0.15) is 48.4 Å². The van der Waals surface area contributed by atoms with Gasteiger partial charge in [-0.05, 0) is 56.0 Å². The molecule has 1 heterocycles. The van der Waals surface area contributed by atoms with Crippen LogP contribution in [0.3, 0.4) is 0 Å². The maximum absolute atomic E-state index is 12.9. The molecule has 0 radical (unpaired) electrons. The Morgan fingerprint density at radius 1 is 1.16 bits per heavy atom. The zero-order valence-corrected chi connectivity index (χ0v) is 20.2. The first-order chi connectivity index (χ1) is 15.2. The smallest absolute Gasteiger partial charge is 0.339 e. The zero-order valence-electron chi connectivity index (χ0n) is 18.6. The molecule has 3 rings (SSSR count). The Morgan fingerprint density at radius 3 is 2.56 bits per heavy atom. The third-order valence-corrected chi connectivity index (χ3v) is 7.57. The lowest BCUT2D eigenvalue weighted by Crippen LogP contribution is -2.24. The second-order valence-corrected chi connectivity index (χ2v) is 10.4. The molecule has 0 aliphatic carbocycles. The molecule has 1 unspecified atom stereocenters. The predicted octanol–water partition coefficient (Wildman–Crippen LogP) is 4.49. The molecule has 2 aromatic carbocycles. The Kier molecular flexibility index (Phi) is 7.73. The van der Waals surface area contributed by atoms with Gasteiger partial charge in [-0.25, -0.2) is 0 Å². The van der Waals surface area contributed by atoms with Crippen LogP contribution in [-0.2, 0) is 14.9 Å². The largest absolute Gasteiger partial charge is 0.379 e. The van der Waals surface area contributed by atoms with E-state index in [9.17, 15) is 13.2 Å². The van der Waals surface area contributed by atoms with Gasteiger partial charge in [0, 0.05) is 0 Å². The van der Waals surface area contributed by atoms with Gasteiger partial charge in [0.2, 0.25) is 5.91 Å². The molecule has 1 amide bonds. The number of nitrogens with one attached hydrogen (secondary N) is 1. The first kappa shape index (κ1) is 24.0. The van der Waals surface area contributed by atoms with E-state index in [1.54, 1.807) is 38.1 Å². The molecule has 1 aliphatic heterocycles. The van der Waals surface area contributed by atoms with Gasteiger partial charge in [0.25, 0.3) is 0 Å². The molecular weight excluding hydrogens is 446 g/mol. The topological polar surface area (TPSA) is 97.2 Å². The number of thioether (sulfide) groups is 1.